The zero-order valence-electron chi connectivity index (χ0n) is 14.5. The van der Waals surface area contributed by atoms with Crippen molar-refractivity contribution < 1.29 is 4.74 Å². The van der Waals surface area contributed by atoms with Crippen LogP contribution in [0.2, 0.25) is 0 Å². The van der Waals surface area contributed by atoms with Gasteiger partial charge in [0.2, 0.25) is 0 Å². The molecule has 1 spiro atoms. The number of nitrogens with two attached hydrogens (primary N) is 1. The molecule has 5 rings (SSSR count). The van der Waals surface area contributed by atoms with Crippen molar-refractivity contribution in [2.75, 3.05) is 5.73 Å². The van der Waals surface area contributed by atoms with Gasteiger partial charge in [-0.1, -0.05) is 37.3 Å². The van der Waals surface area contributed by atoms with E-state index in [4.69, 9.17) is 15.5 Å². The molecule has 0 saturated heterocycles. The number of pyridine rings is 1. The lowest BCUT2D eigenvalue weighted by Crippen LogP contribution is -2.40. The van der Waals surface area contributed by atoms with E-state index in [2.05, 4.69) is 25.1 Å². The number of nitrogen functional groups attached to an aromatic ring is 1. The van der Waals surface area contributed by atoms with E-state index in [1.54, 1.807) is 0 Å². The minimum atomic E-state index is -0.336. The van der Waals surface area contributed by atoms with Crippen LogP contribution in [0.5, 0.6) is 5.75 Å². The molecule has 3 aromatic rings. The van der Waals surface area contributed by atoms with Gasteiger partial charge in [-0.15, -0.1) is 0 Å². The van der Waals surface area contributed by atoms with Gasteiger partial charge >= 0.3 is 0 Å². The quantitative estimate of drug-likeness (QED) is 0.610. The Morgan fingerprint density at radius 2 is 1.76 bits per heavy atom. The number of rotatable bonds is 0. The Balaban J connectivity index is 1.84. The minimum absolute atomic E-state index is 0.336. The lowest BCUT2D eigenvalue weighted by molar-refractivity contribution is 0.0120. The Kier molecular flexibility index (Phi) is 3.08. The summed E-state index contributed by atoms with van der Waals surface area (Å²) in [7, 11) is 0. The van der Waals surface area contributed by atoms with Crippen LogP contribution in [0.1, 0.15) is 38.2 Å². The highest BCUT2D eigenvalue weighted by atomic mass is 16.5. The zero-order chi connectivity index (χ0) is 17.0. The molecule has 2 aliphatic rings. The highest BCUT2D eigenvalue weighted by Crippen LogP contribution is 2.54. The van der Waals surface area contributed by atoms with Gasteiger partial charge in [-0.25, -0.2) is 4.98 Å². The first kappa shape index (κ1) is 14.8. The van der Waals surface area contributed by atoms with Gasteiger partial charge in [0.25, 0.3) is 0 Å². The monoisotopic (exact) mass is 330 g/mol. The Morgan fingerprint density at radius 3 is 2.60 bits per heavy atom. The molecule has 0 unspecified atom stereocenters. The fraction of sp³-hybridized carbons (Fsp3) is 0.318. The number of para-hydroxylation sites is 2. The molecule has 3 nitrogen and oxygen atoms in total. The number of fused-ring (bicyclic) bond motifs is 5. The van der Waals surface area contributed by atoms with E-state index in [0.717, 1.165) is 70.8 Å². The molecule has 2 N–H and O–H groups in total. The second-order valence-corrected chi connectivity index (χ2v) is 7.54. The van der Waals surface area contributed by atoms with E-state index in [1.165, 1.54) is 0 Å². The van der Waals surface area contributed by atoms with Crippen LogP contribution in [0.25, 0.3) is 22.2 Å². The highest BCUT2D eigenvalue weighted by Gasteiger charge is 2.45. The number of hydrogen-bond donors (Lipinski definition) is 1. The average molecular weight is 330 g/mol. The summed E-state index contributed by atoms with van der Waals surface area (Å²) in [6, 6.07) is 16.4. The number of anilines is 1. The second-order valence-electron chi connectivity index (χ2n) is 7.54. The molecule has 2 heterocycles. The van der Waals surface area contributed by atoms with Gasteiger partial charge in [0.1, 0.15) is 11.4 Å². The van der Waals surface area contributed by atoms with Crippen LogP contribution in [0.3, 0.4) is 0 Å². The largest absolute Gasteiger partial charge is 0.482 e. The van der Waals surface area contributed by atoms with Crippen molar-refractivity contribution in [3.05, 3.63) is 54.1 Å². The summed E-state index contributed by atoms with van der Waals surface area (Å²) in [5, 5.41) is 1.03. The molecule has 0 atom stereocenters. The zero-order valence-corrected chi connectivity index (χ0v) is 14.5. The molecule has 3 heteroatoms. The standard InChI is InChI=1S/C22H22N2O/c1-14-10-12-22(13-11-14)19-20(23)15-6-2-4-8-17(15)24-21(19)16-7-3-5-9-18(16)25-22/h2-9,14H,10-13H2,1H3,(H2,23,24). The maximum Gasteiger partial charge on any atom is 0.138 e. The number of nitrogens with zero attached hydrogens (tertiary/aromatic N) is 1. The molecule has 1 aliphatic carbocycles. The molecular weight excluding hydrogens is 308 g/mol. The first-order valence-electron chi connectivity index (χ1n) is 9.15. The van der Waals surface area contributed by atoms with Crippen LogP contribution in [0.15, 0.2) is 48.5 Å². The summed E-state index contributed by atoms with van der Waals surface area (Å²) < 4.78 is 6.64. The smallest absolute Gasteiger partial charge is 0.138 e. The number of ether oxygens (including phenoxy) is 1. The van der Waals surface area contributed by atoms with E-state index in [0.29, 0.717) is 0 Å². The summed E-state index contributed by atoms with van der Waals surface area (Å²) in [6.45, 7) is 2.33. The van der Waals surface area contributed by atoms with Crippen molar-refractivity contribution in [3.63, 3.8) is 0 Å². The van der Waals surface area contributed by atoms with Gasteiger partial charge in [0.15, 0.2) is 0 Å². The summed E-state index contributed by atoms with van der Waals surface area (Å²) in [4.78, 5) is 5.03. The van der Waals surface area contributed by atoms with E-state index >= 15 is 0 Å². The third kappa shape index (κ3) is 2.08. The van der Waals surface area contributed by atoms with Crippen molar-refractivity contribution in [1.82, 2.24) is 4.98 Å². The lowest BCUT2D eigenvalue weighted by atomic mass is 9.72. The fourth-order valence-corrected chi connectivity index (χ4v) is 4.49. The van der Waals surface area contributed by atoms with Crippen molar-refractivity contribution in [1.29, 1.82) is 0 Å². The van der Waals surface area contributed by atoms with Crippen molar-refractivity contribution in [2.24, 2.45) is 5.92 Å². The fourth-order valence-electron chi connectivity index (χ4n) is 4.49. The van der Waals surface area contributed by atoms with E-state index in [9.17, 15) is 0 Å². The topological polar surface area (TPSA) is 48.1 Å². The summed E-state index contributed by atoms with van der Waals surface area (Å²) in [5.41, 5.74) is 11.3. The predicted molar refractivity (Wildman–Crippen MR) is 102 cm³/mol. The predicted octanol–water partition coefficient (Wildman–Crippen LogP) is 5.28. The van der Waals surface area contributed by atoms with E-state index in [-0.39, 0.29) is 5.60 Å². The van der Waals surface area contributed by atoms with E-state index in [1.807, 2.05) is 30.3 Å². The number of benzene rings is 2. The highest BCUT2D eigenvalue weighted by molar-refractivity contribution is 5.97. The minimum Gasteiger partial charge on any atom is -0.482 e. The first-order valence-corrected chi connectivity index (χ1v) is 9.15. The van der Waals surface area contributed by atoms with Crippen LogP contribution in [0.4, 0.5) is 5.69 Å². The molecule has 1 aromatic heterocycles. The normalized spacial score (nSPS) is 24.6. The Hall–Kier alpha value is -2.55. The lowest BCUT2D eigenvalue weighted by Gasteiger charge is -2.44. The number of aromatic nitrogens is 1. The van der Waals surface area contributed by atoms with Gasteiger partial charge < -0.3 is 10.5 Å². The van der Waals surface area contributed by atoms with Crippen molar-refractivity contribution in [2.45, 2.75) is 38.2 Å². The van der Waals surface area contributed by atoms with Gasteiger partial charge in [0.05, 0.1) is 16.9 Å². The molecule has 0 amide bonds. The van der Waals surface area contributed by atoms with Gasteiger partial charge in [-0.3, -0.25) is 0 Å². The maximum atomic E-state index is 6.72. The van der Waals surface area contributed by atoms with Crippen molar-refractivity contribution in [3.8, 4) is 17.0 Å². The molecule has 1 fully saturated rings. The van der Waals surface area contributed by atoms with Crippen molar-refractivity contribution >= 4 is 16.6 Å². The molecule has 2 aromatic carbocycles. The molecule has 25 heavy (non-hydrogen) atoms. The average Bonchev–Trinajstić information content (AvgIpc) is 2.64. The summed E-state index contributed by atoms with van der Waals surface area (Å²) in [6.07, 6.45) is 4.32. The molecule has 126 valence electrons. The van der Waals surface area contributed by atoms with Crippen LogP contribution >= 0.6 is 0 Å². The second kappa shape index (κ2) is 5.22. The SMILES string of the molecule is CC1CCC2(CC1)Oc1ccccc1-c1nc3ccccc3c(N)c12. The third-order valence-corrected chi connectivity index (χ3v) is 5.92. The van der Waals surface area contributed by atoms with Gasteiger partial charge in [0, 0.05) is 16.5 Å². The van der Waals surface area contributed by atoms with Gasteiger partial charge in [-0.2, -0.15) is 0 Å². The van der Waals surface area contributed by atoms with Crippen LogP contribution < -0.4 is 10.5 Å². The number of hydrogen-bond acceptors (Lipinski definition) is 3. The Labute approximate surface area is 147 Å². The Bertz CT molecular complexity index is 971. The molecule has 0 bridgehead atoms. The third-order valence-electron chi connectivity index (χ3n) is 5.92. The van der Waals surface area contributed by atoms with Crippen LogP contribution in [-0.2, 0) is 5.60 Å². The molecule has 1 saturated carbocycles. The summed E-state index contributed by atoms with van der Waals surface area (Å²) >= 11 is 0. The van der Waals surface area contributed by atoms with E-state index < -0.39 is 0 Å². The summed E-state index contributed by atoms with van der Waals surface area (Å²) in [5.74, 6) is 1.68. The van der Waals surface area contributed by atoms with Crippen LogP contribution in [0, 0.1) is 5.92 Å². The maximum absolute atomic E-state index is 6.72. The first-order chi connectivity index (χ1) is 12.2. The Morgan fingerprint density at radius 1 is 1.04 bits per heavy atom. The van der Waals surface area contributed by atoms with Crippen LogP contribution in [-0.4, -0.2) is 4.98 Å². The van der Waals surface area contributed by atoms with Gasteiger partial charge in [-0.05, 0) is 49.8 Å². The molecule has 1 aliphatic heterocycles. The molecular formula is C22H22N2O. The molecule has 0 radical (unpaired) electrons.